The molecule has 112 valence electrons. The first-order valence-electron chi connectivity index (χ1n) is 7.90. The third kappa shape index (κ3) is 9.00. The first kappa shape index (κ1) is 16.4. The van der Waals surface area contributed by atoms with E-state index in [1.54, 1.807) is 0 Å². The lowest BCUT2D eigenvalue weighted by Gasteiger charge is -2.23. The van der Waals surface area contributed by atoms with Gasteiger partial charge in [0.15, 0.2) is 0 Å². The average Bonchev–Trinajstić information content (AvgIpc) is 2.45. The lowest BCUT2D eigenvalue weighted by molar-refractivity contribution is -0.121. The highest BCUT2D eigenvalue weighted by molar-refractivity contribution is 5.75. The summed E-state index contributed by atoms with van der Waals surface area (Å²) in [5.74, 6) is 0.181. The Morgan fingerprint density at radius 3 is 2.89 bits per heavy atom. The van der Waals surface area contributed by atoms with Crippen molar-refractivity contribution in [3.8, 4) is 0 Å². The fourth-order valence-electron chi connectivity index (χ4n) is 2.31. The minimum atomic E-state index is 0.181. The van der Waals surface area contributed by atoms with Crippen molar-refractivity contribution in [2.24, 2.45) is 0 Å². The molecular weight excluding hydrogens is 240 g/mol. The maximum Gasteiger partial charge on any atom is 0.220 e. The second kappa shape index (κ2) is 11.2. The number of nitrogens with one attached hydrogen (secondary N) is 2. The zero-order valence-corrected chi connectivity index (χ0v) is 12.4. The van der Waals surface area contributed by atoms with Gasteiger partial charge < -0.3 is 15.4 Å². The second-order valence-electron chi connectivity index (χ2n) is 5.35. The molecule has 1 aliphatic heterocycles. The van der Waals surface area contributed by atoms with Crippen LogP contribution in [0.15, 0.2) is 0 Å². The van der Waals surface area contributed by atoms with Gasteiger partial charge in [0.25, 0.3) is 0 Å². The summed E-state index contributed by atoms with van der Waals surface area (Å²) in [5.41, 5.74) is 0. The van der Waals surface area contributed by atoms with Crippen molar-refractivity contribution in [3.63, 3.8) is 0 Å². The predicted octanol–water partition coefficient (Wildman–Crippen LogP) is 2.23. The maximum absolute atomic E-state index is 11.6. The third-order valence-electron chi connectivity index (χ3n) is 3.56. The van der Waals surface area contributed by atoms with Crippen molar-refractivity contribution in [1.82, 2.24) is 10.6 Å². The number of hydrogen-bond acceptors (Lipinski definition) is 3. The van der Waals surface area contributed by atoms with E-state index in [2.05, 4.69) is 17.6 Å². The molecule has 2 N–H and O–H groups in total. The van der Waals surface area contributed by atoms with Gasteiger partial charge in [0.2, 0.25) is 5.91 Å². The van der Waals surface area contributed by atoms with E-state index in [4.69, 9.17) is 4.74 Å². The van der Waals surface area contributed by atoms with Crippen LogP contribution in [0.4, 0.5) is 0 Å². The molecular formula is C15H30N2O2. The Kier molecular flexibility index (Phi) is 9.72. The first-order valence-corrected chi connectivity index (χ1v) is 7.90. The van der Waals surface area contributed by atoms with Crippen LogP contribution in [-0.4, -0.2) is 38.3 Å². The number of amides is 1. The van der Waals surface area contributed by atoms with Crippen molar-refractivity contribution in [1.29, 1.82) is 0 Å². The highest BCUT2D eigenvalue weighted by atomic mass is 16.5. The highest BCUT2D eigenvalue weighted by Gasteiger charge is 2.13. The standard InChI is InChI=1S/C15H30N2O2/c1-2-3-12-19-13-6-11-17-15(18)9-8-14-7-4-5-10-16-14/h14,16H,2-13H2,1H3,(H,17,18). The number of ether oxygens (including phenoxy) is 1. The van der Waals surface area contributed by atoms with Gasteiger partial charge in [-0.05, 0) is 38.6 Å². The molecule has 1 atom stereocenters. The van der Waals surface area contributed by atoms with Crippen LogP contribution < -0.4 is 10.6 Å². The van der Waals surface area contributed by atoms with E-state index in [-0.39, 0.29) is 5.91 Å². The summed E-state index contributed by atoms with van der Waals surface area (Å²) in [5, 5.41) is 6.44. The largest absolute Gasteiger partial charge is 0.381 e. The number of piperidine rings is 1. The minimum Gasteiger partial charge on any atom is -0.381 e. The molecule has 0 spiro atoms. The summed E-state index contributed by atoms with van der Waals surface area (Å²) in [6, 6.07) is 0.553. The Labute approximate surface area is 117 Å². The van der Waals surface area contributed by atoms with Crippen LogP contribution in [0.1, 0.15) is 58.3 Å². The summed E-state index contributed by atoms with van der Waals surface area (Å²) in [4.78, 5) is 11.6. The van der Waals surface area contributed by atoms with Crippen molar-refractivity contribution in [2.45, 2.75) is 64.3 Å². The fourth-order valence-corrected chi connectivity index (χ4v) is 2.31. The quantitative estimate of drug-likeness (QED) is 0.599. The second-order valence-corrected chi connectivity index (χ2v) is 5.35. The monoisotopic (exact) mass is 270 g/mol. The molecule has 1 rings (SSSR count). The number of carbonyl (C=O) groups excluding carboxylic acids is 1. The molecule has 1 aliphatic rings. The Morgan fingerprint density at radius 1 is 1.32 bits per heavy atom. The van der Waals surface area contributed by atoms with Gasteiger partial charge in [-0.2, -0.15) is 0 Å². The normalized spacial score (nSPS) is 19.3. The van der Waals surface area contributed by atoms with Crippen molar-refractivity contribution < 1.29 is 9.53 Å². The van der Waals surface area contributed by atoms with Crippen molar-refractivity contribution in [3.05, 3.63) is 0 Å². The number of hydrogen-bond donors (Lipinski definition) is 2. The lowest BCUT2D eigenvalue weighted by Crippen LogP contribution is -2.35. The van der Waals surface area contributed by atoms with E-state index < -0.39 is 0 Å². The minimum absolute atomic E-state index is 0.181. The van der Waals surface area contributed by atoms with Gasteiger partial charge in [-0.1, -0.05) is 19.8 Å². The Balaban J connectivity index is 1.87. The van der Waals surface area contributed by atoms with E-state index in [1.165, 1.54) is 25.7 Å². The smallest absolute Gasteiger partial charge is 0.220 e. The van der Waals surface area contributed by atoms with Crippen molar-refractivity contribution in [2.75, 3.05) is 26.3 Å². The van der Waals surface area contributed by atoms with Gasteiger partial charge in [-0.15, -0.1) is 0 Å². The molecule has 1 amide bonds. The van der Waals surface area contributed by atoms with Crippen LogP contribution >= 0.6 is 0 Å². The molecule has 1 unspecified atom stereocenters. The van der Waals surface area contributed by atoms with Gasteiger partial charge in [-0.25, -0.2) is 0 Å². The summed E-state index contributed by atoms with van der Waals surface area (Å²) in [7, 11) is 0. The molecule has 4 heteroatoms. The van der Waals surface area contributed by atoms with Gasteiger partial charge in [-0.3, -0.25) is 4.79 Å². The Bertz CT molecular complexity index is 228. The Morgan fingerprint density at radius 2 is 2.16 bits per heavy atom. The number of unbranched alkanes of at least 4 members (excludes halogenated alkanes) is 1. The van der Waals surface area contributed by atoms with Gasteiger partial charge in [0.05, 0.1) is 0 Å². The molecule has 1 fully saturated rings. The predicted molar refractivity (Wildman–Crippen MR) is 78.2 cm³/mol. The highest BCUT2D eigenvalue weighted by Crippen LogP contribution is 2.11. The van der Waals surface area contributed by atoms with Crippen molar-refractivity contribution >= 4 is 5.91 Å². The molecule has 4 nitrogen and oxygen atoms in total. The van der Waals surface area contributed by atoms with E-state index >= 15 is 0 Å². The number of rotatable bonds is 10. The zero-order chi connectivity index (χ0) is 13.8. The molecule has 1 saturated heterocycles. The lowest BCUT2D eigenvalue weighted by atomic mass is 10.0. The van der Waals surface area contributed by atoms with Crippen LogP contribution in [0.3, 0.4) is 0 Å². The molecule has 0 aromatic rings. The molecule has 0 bridgehead atoms. The zero-order valence-electron chi connectivity index (χ0n) is 12.4. The third-order valence-corrected chi connectivity index (χ3v) is 3.56. The SMILES string of the molecule is CCCCOCCCNC(=O)CCC1CCCCN1. The molecule has 0 aliphatic carbocycles. The summed E-state index contributed by atoms with van der Waals surface area (Å²) >= 11 is 0. The van der Waals surface area contributed by atoms with Crippen LogP contribution in [-0.2, 0) is 9.53 Å². The topological polar surface area (TPSA) is 50.4 Å². The summed E-state index contributed by atoms with van der Waals surface area (Å²) in [6.07, 6.45) is 8.63. The molecule has 0 saturated carbocycles. The van der Waals surface area contributed by atoms with Gasteiger partial charge in [0.1, 0.15) is 0 Å². The fraction of sp³-hybridized carbons (Fsp3) is 0.933. The van der Waals surface area contributed by atoms with E-state index in [0.717, 1.165) is 45.6 Å². The van der Waals surface area contributed by atoms with Gasteiger partial charge in [0, 0.05) is 32.2 Å². The molecule has 0 radical (unpaired) electrons. The number of carbonyl (C=O) groups is 1. The molecule has 19 heavy (non-hydrogen) atoms. The Hall–Kier alpha value is -0.610. The first-order chi connectivity index (χ1) is 9.33. The summed E-state index contributed by atoms with van der Waals surface area (Å²) < 4.78 is 5.45. The molecule has 0 aromatic heterocycles. The molecule has 1 heterocycles. The van der Waals surface area contributed by atoms with E-state index in [1.807, 2.05) is 0 Å². The summed E-state index contributed by atoms with van der Waals surface area (Å²) in [6.45, 7) is 5.61. The van der Waals surface area contributed by atoms with Gasteiger partial charge >= 0.3 is 0 Å². The van der Waals surface area contributed by atoms with Crippen LogP contribution in [0.2, 0.25) is 0 Å². The maximum atomic E-state index is 11.6. The molecule has 0 aromatic carbocycles. The van der Waals surface area contributed by atoms with E-state index in [0.29, 0.717) is 12.5 Å². The van der Waals surface area contributed by atoms with Crippen LogP contribution in [0, 0.1) is 0 Å². The van der Waals surface area contributed by atoms with Crippen LogP contribution in [0.5, 0.6) is 0 Å². The average molecular weight is 270 g/mol. The van der Waals surface area contributed by atoms with Crippen LogP contribution in [0.25, 0.3) is 0 Å². The van der Waals surface area contributed by atoms with E-state index in [9.17, 15) is 4.79 Å².